The van der Waals surface area contributed by atoms with E-state index in [1.165, 1.54) is 5.56 Å². The van der Waals surface area contributed by atoms with Gasteiger partial charge in [0.2, 0.25) is 0 Å². The summed E-state index contributed by atoms with van der Waals surface area (Å²) >= 11 is 0. The number of nitrogens with zero attached hydrogens (tertiary/aromatic N) is 2. The molecule has 0 bridgehead atoms. The van der Waals surface area contributed by atoms with E-state index >= 15 is 0 Å². The standard InChI is InChI=1S/C22H26N2O2.C4H4O4/c25-22-21-9-5-4-6-19(21)17-24(22)16-18-10-12-23(13-11-18)14-15-26-20-7-2-1-3-8-20;5-3(6)1-2-4(7)8/h1-9,18H,10-17H2;1-2H,(H,5,6)(H,7,8)/b;2-1+. The summed E-state index contributed by atoms with van der Waals surface area (Å²) < 4.78 is 5.80. The van der Waals surface area contributed by atoms with E-state index in [1.807, 2.05) is 53.4 Å². The molecule has 1 saturated heterocycles. The zero-order chi connectivity index (χ0) is 24.3. The highest BCUT2D eigenvalue weighted by Gasteiger charge is 2.30. The van der Waals surface area contributed by atoms with Gasteiger partial charge in [0, 0.05) is 37.3 Å². The zero-order valence-electron chi connectivity index (χ0n) is 19.0. The zero-order valence-corrected chi connectivity index (χ0v) is 19.0. The topological polar surface area (TPSA) is 107 Å². The van der Waals surface area contributed by atoms with E-state index in [1.54, 1.807) is 0 Å². The van der Waals surface area contributed by atoms with E-state index in [2.05, 4.69) is 11.0 Å². The highest BCUT2D eigenvalue weighted by Crippen LogP contribution is 2.26. The average Bonchev–Trinajstić information content (AvgIpc) is 3.15. The van der Waals surface area contributed by atoms with Gasteiger partial charge in [-0.05, 0) is 55.6 Å². The van der Waals surface area contributed by atoms with E-state index in [0.29, 0.717) is 18.1 Å². The van der Waals surface area contributed by atoms with Crippen LogP contribution in [0.15, 0.2) is 66.7 Å². The van der Waals surface area contributed by atoms with Crippen molar-refractivity contribution in [3.05, 3.63) is 77.9 Å². The van der Waals surface area contributed by atoms with Crippen LogP contribution in [0.3, 0.4) is 0 Å². The summed E-state index contributed by atoms with van der Waals surface area (Å²) in [7, 11) is 0. The summed E-state index contributed by atoms with van der Waals surface area (Å²) in [6.07, 6.45) is 3.43. The van der Waals surface area contributed by atoms with Crippen LogP contribution in [0.2, 0.25) is 0 Å². The van der Waals surface area contributed by atoms with Gasteiger partial charge in [0.1, 0.15) is 12.4 Å². The summed E-state index contributed by atoms with van der Waals surface area (Å²) in [4.78, 5) is 36.1. The first-order chi connectivity index (χ1) is 16.4. The number of rotatable bonds is 8. The minimum Gasteiger partial charge on any atom is -0.492 e. The molecule has 1 amide bonds. The fourth-order valence-corrected chi connectivity index (χ4v) is 4.12. The smallest absolute Gasteiger partial charge is 0.328 e. The number of carbonyl (C=O) groups is 3. The van der Waals surface area contributed by atoms with Gasteiger partial charge in [0.25, 0.3) is 5.91 Å². The lowest BCUT2D eigenvalue weighted by atomic mass is 9.96. The molecule has 2 N–H and O–H groups in total. The van der Waals surface area contributed by atoms with E-state index in [9.17, 15) is 14.4 Å². The van der Waals surface area contributed by atoms with Gasteiger partial charge in [-0.15, -0.1) is 0 Å². The molecule has 0 atom stereocenters. The van der Waals surface area contributed by atoms with Crippen molar-refractivity contribution in [2.75, 3.05) is 32.8 Å². The third-order valence-corrected chi connectivity index (χ3v) is 5.87. The molecule has 2 aromatic carbocycles. The third-order valence-electron chi connectivity index (χ3n) is 5.87. The Morgan fingerprint density at radius 2 is 1.56 bits per heavy atom. The molecule has 0 unspecified atom stereocenters. The van der Waals surface area contributed by atoms with Crippen molar-refractivity contribution in [1.82, 2.24) is 9.80 Å². The van der Waals surface area contributed by atoms with Gasteiger partial charge < -0.3 is 19.8 Å². The van der Waals surface area contributed by atoms with Crippen molar-refractivity contribution in [2.24, 2.45) is 5.92 Å². The van der Waals surface area contributed by atoms with E-state index < -0.39 is 11.9 Å². The Morgan fingerprint density at radius 1 is 0.941 bits per heavy atom. The molecule has 0 saturated carbocycles. The monoisotopic (exact) mass is 466 g/mol. The first kappa shape index (κ1) is 25.0. The van der Waals surface area contributed by atoms with Gasteiger partial charge in [-0.3, -0.25) is 9.69 Å². The second-order valence-electron chi connectivity index (χ2n) is 8.30. The first-order valence-electron chi connectivity index (χ1n) is 11.3. The van der Waals surface area contributed by atoms with Gasteiger partial charge in [0.05, 0.1) is 0 Å². The minimum atomic E-state index is -1.26. The maximum Gasteiger partial charge on any atom is 0.328 e. The lowest BCUT2D eigenvalue weighted by molar-refractivity contribution is -0.134. The van der Waals surface area contributed by atoms with Gasteiger partial charge >= 0.3 is 11.9 Å². The largest absolute Gasteiger partial charge is 0.492 e. The molecular weight excluding hydrogens is 436 g/mol. The van der Waals surface area contributed by atoms with Crippen LogP contribution in [0.1, 0.15) is 28.8 Å². The molecule has 4 rings (SSSR count). The number of hydrogen-bond donors (Lipinski definition) is 2. The number of hydrogen-bond acceptors (Lipinski definition) is 5. The van der Waals surface area contributed by atoms with Crippen molar-refractivity contribution in [3.63, 3.8) is 0 Å². The molecular formula is C26H30N2O6. The number of ether oxygens (including phenoxy) is 1. The predicted molar refractivity (Wildman–Crippen MR) is 127 cm³/mol. The highest BCUT2D eigenvalue weighted by molar-refractivity contribution is 5.98. The van der Waals surface area contributed by atoms with Gasteiger partial charge in [0.15, 0.2) is 0 Å². The van der Waals surface area contributed by atoms with Crippen molar-refractivity contribution in [1.29, 1.82) is 0 Å². The number of piperidine rings is 1. The molecule has 2 aliphatic heterocycles. The molecule has 0 aliphatic carbocycles. The summed E-state index contributed by atoms with van der Waals surface area (Å²) in [5.41, 5.74) is 2.07. The van der Waals surface area contributed by atoms with Crippen LogP contribution in [0.25, 0.3) is 0 Å². The normalized spacial score (nSPS) is 16.1. The average molecular weight is 467 g/mol. The van der Waals surface area contributed by atoms with Crippen LogP contribution in [0.5, 0.6) is 5.75 Å². The molecule has 8 heteroatoms. The van der Waals surface area contributed by atoms with Crippen LogP contribution in [-0.4, -0.2) is 70.6 Å². The molecule has 8 nitrogen and oxygen atoms in total. The Labute approximate surface area is 199 Å². The lowest BCUT2D eigenvalue weighted by Crippen LogP contribution is -2.40. The van der Waals surface area contributed by atoms with E-state index in [0.717, 1.165) is 63.5 Å². The molecule has 0 radical (unpaired) electrons. The summed E-state index contributed by atoms with van der Waals surface area (Å²) in [5, 5.41) is 15.6. The molecule has 34 heavy (non-hydrogen) atoms. The number of amides is 1. The van der Waals surface area contributed by atoms with E-state index in [4.69, 9.17) is 14.9 Å². The molecule has 0 aromatic heterocycles. The molecule has 2 aliphatic rings. The number of para-hydroxylation sites is 1. The highest BCUT2D eigenvalue weighted by atomic mass is 16.5. The Kier molecular flexibility index (Phi) is 9.22. The molecule has 2 heterocycles. The van der Waals surface area contributed by atoms with Crippen molar-refractivity contribution in [3.8, 4) is 5.75 Å². The second-order valence-corrected chi connectivity index (χ2v) is 8.30. The van der Waals surface area contributed by atoms with Gasteiger partial charge in [-0.1, -0.05) is 36.4 Å². The van der Waals surface area contributed by atoms with Crippen LogP contribution in [0.4, 0.5) is 0 Å². The van der Waals surface area contributed by atoms with Crippen molar-refractivity contribution >= 4 is 17.8 Å². The van der Waals surface area contributed by atoms with Crippen LogP contribution in [0, 0.1) is 5.92 Å². The van der Waals surface area contributed by atoms with E-state index in [-0.39, 0.29) is 5.91 Å². The molecule has 180 valence electrons. The molecule has 0 spiro atoms. The number of carboxylic acids is 2. The Hall–Kier alpha value is -3.65. The quantitative estimate of drug-likeness (QED) is 0.576. The fraction of sp³-hybridized carbons (Fsp3) is 0.346. The Bertz CT molecular complexity index is 983. The number of carbonyl (C=O) groups excluding carboxylic acids is 1. The Morgan fingerprint density at radius 3 is 2.18 bits per heavy atom. The predicted octanol–water partition coefficient (Wildman–Crippen LogP) is 3.15. The first-order valence-corrected chi connectivity index (χ1v) is 11.3. The number of likely N-dealkylation sites (tertiary alicyclic amines) is 1. The van der Waals surface area contributed by atoms with Gasteiger partial charge in [-0.25, -0.2) is 9.59 Å². The number of carboxylic acid groups (broad SMARTS) is 2. The van der Waals surface area contributed by atoms with Crippen molar-refractivity contribution < 1.29 is 29.3 Å². The maximum atomic E-state index is 12.5. The third kappa shape index (κ3) is 7.74. The minimum absolute atomic E-state index is 0.208. The van der Waals surface area contributed by atoms with Gasteiger partial charge in [-0.2, -0.15) is 0 Å². The maximum absolute atomic E-state index is 12.5. The van der Waals surface area contributed by atoms with Crippen LogP contribution >= 0.6 is 0 Å². The van der Waals surface area contributed by atoms with Crippen LogP contribution in [-0.2, 0) is 16.1 Å². The Balaban J connectivity index is 0.000000350. The second kappa shape index (κ2) is 12.6. The SMILES string of the molecule is O=C(O)/C=C/C(=O)O.O=C1c2ccccc2CN1CC1CCN(CCOc2ccccc2)CC1. The van der Waals surface area contributed by atoms with Crippen LogP contribution < -0.4 is 4.74 Å². The molecule has 2 aromatic rings. The summed E-state index contributed by atoms with van der Waals surface area (Å²) in [5.74, 6) is -0.756. The summed E-state index contributed by atoms with van der Waals surface area (Å²) in [6.45, 7) is 5.56. The molecule has 1 fully saturated rings. The lowest BCUT2D eigenvalue weighted by Gasteiger charge is -2.33. The number of aliphatic carboxylic acids is 2. The number of fused-ring (bicyclic) bond motifs is 1. The fourth-order valence-electron chi connectivity index (χ4n) is 4.12. The summed E-state index contributed by atoms with van der Waals surface area (Å²) in [6, 6.07) is 18.0. The number of benzene rings is 2. The van der Waals surface area contributed by atoms with Crippen molar-refractivity contribution in [2.45, 2.75) is 19.4 Å².